The highest BCUT2D eigenvalue weighted by Gasteiger charge is 2.17. The van der Waals surface area contributed by atoms with Crippen molar-refractivity contribution in [2.24, 2.45) is 11.1 Å². The zero-order chi connectivity index (χ0) is 15.2. The maximum atomic E-state index is 11.9. The Kier molecular flexibility index (Phi) is 5.52. The van der Waals surface area contributed by atoms with Crippen molar-refractivity contribution in [3.63, 3.8) is 0 Å². The molecule has 4 N–H and O–H groups in total. The zero-order valence-electron chi connectivity index (χ0n) is 11.7. The number of hydrogen-bond acceptors (Lipinski definition) is 4. The molecular weight excluding hydrogens is 260 g/mol. The van der Waals surface area contributed by atoms with Crippen molar-refractivity contribution in [2.45, 2.75) is 13.8 Å². The van der Waals surface area contributed by atoms with Crippen molar-refractivity contribution in [1.29, 1.82) is 0 Å². The summed E-state index contributed by atoms with van der Waals surface area (Å²) in [5.74, 6) is -0.318. The number of hydrogen-bond donors (Lipinski definition) is 3. The fourth-order valence-corrected chi connectivity index (χ4v) is 1.33. The minimum Gasteiger partial charge on any atom is -0.484 e. The molecule has 0 fully saturated rings. The molecule has 2 amide bonds. The van der Waals surface area contributed by atoms with Gasteiger partial charge in [-0.05, 0) is 24.3 Å². The molecule has 0 atom stereocenters. The lowest BCUT2D eigenvalue weighted by Gasteiger charge is -2.21. The number of rotatable bonds is 7. The van der Waals surface area contributed by atoms with E-state index in [1.807, 2.05) is 13.8 Å². The fraction of sp³-hybridized carbons (Fsp3) is 0.429. The number of aliphatic hydroxyl groups excluding tert-OH is 1. The highest BCUT2D eigenvalue weighted by Crippen LogP contribution is 2.14. The van der Waals surface area contributed by atoms with E-state index >= 15 is 0 Å². The minimum absolute atomic E-state index is 0.00677. The van der Waals surface area contributed by atoms with Gasteiger partial charge in [-0.3, -0.25) is 9.59 Å². The van der Waals surface area contributed by atoms with Gasteiger partial charge in [0.05, 0.1) is 0 Å². The van der Waals surface area contributed by atoms with Gasteiger partial charge in [-0.1, -0.05) is 13.8 Å². The van der Waals surface area contributed by atoms with Crippen LogP contribution in [0.1, 0.15) is 24.2 Å². The standard InChI is InChI=1S/C14H20N2O4/c1-14(2,9-17)8-16-13(19)10-3-5-11(6-4-10)20-7-12(15)18/h3-6,17H,7-9H2,1-2H3,(H2,15,18)(H,16,19). The van der Waals surface area contributed by atoms with Crippen LogP contribution in [0.25, 0.3) is 0 Å². The van der Waals surface area contributed by atoms with Crippen molar-refractivity contribution < 1.29 is 19.4 Å². The second-order valence-corrected chi connectivity index (χ2v) is 5.28. The monoisotopic (exact) mass is 280 g/mol. The Bertz CT molecular complexity index is 469. The molecule has 20 heavy (non-hydrogen) atoms. The van der Waals surface area contributed by atoms with Crippen LogP contribution in [0.4, 0.5) is 0 Å². The summed E-state index contributed by atoms with van der Waals surface area (Å²) < 4.78 is 5.09. The van der Waals surface area contributed by atoms with Gasteiger partial charge in [0.1, 0.15) is 5.75 Å². The topological polar surface area (TPSA) is 102 Å². The average molecular weight is 280 g/mol. The first-order valence-corrected chi connectivity index (χ1v) is 6.24. The Morgan fingerprint density at radius 2 is 1.90 bits per heavy atom. The van der Waals surface area contributed by atoms with Crippen LogP contribution in [0.15, 0.2) is 24.3 Å². The summed E-state index contributed by atoms with van der Waals surface area (Å²) >= 11 is 0. The molecule has 0 aromatic heterocycles. The molecule has 0 aliphatic heterocycles. The van der Waals surface area contributed by atoms with E-state index < -0.39 is 5.91 Å². The van der Waals surface area contributed by atoms with Gasteiger partial charge in [-0.25, -0.2) is 0 Å². The number of benzene rings is 1. The summed E-state index contributed by atoms with van der Waals surface area (Å²) in [6.45, 7) is 3.88. The van der Waals surface area contributed by atoms with Crippen molar-refractivity contribution >= 4 is 11.8 Å². The number of carbonyl (C=O) groups is 2. The molecule has 0 aliphatic carbocycles. The number of carbonyl (C=O) groups excluding carboxylic acids is 2. The number of primary amides is 1. The molecule has 0 aliphatic rings. The Hall–Kier alpha value is -2.08. The van der Waals surface area contributed by atoms with E-state index in [2.05, 4.69) is 5.32 Å². The van der Waals surface area contributed by atoms with Crippen LogP contribution in [0.5, 0.6) is 5.75 Å². The molecule has 0 unspecified atom stereocenters. The summed E-state index contributed by atoms with van der Waals surface area (Å²) in [5.41, 5.74) is 5.08. The third kappa shape index (κ3) is 5.27. The Labute approximate surface area is 117 Å². The predicted molar refractivity (Wildman–Crippen MR) is 74.3 cm³/mol. The zero-order valence-corrected chi connectivity index (χ0v) is 11.7. The molecule has 0 bridgehead atoms. The molecule has 0 saturated carbocycles. The maximum absolute atomic E-state index is 11.9. The number of nitrogens with one attached hydrogen (secondary N) is 1. The van der Waals surface area contributed by atoms with Crippen molar-refractivity contribution in [3.8, 4) is 5.75 Å². The first-order valence-electron chi connectivity index (χ1n) is 6.24. The predicted octanol–water partition coefficient (Wildman–Crippen LogP) is 0.299. The molecule has 6 nitrogen and oxygen atoms in total. The molecule has 1 aromatic rings. The molecule has 6 heteroatoms. The molecule has 0 radical (unpaired) electrons. The Morgan fingerprint density at radius 3 is 2.40 bits per heavy atom. The number of nitrogens with two attached hydrogens (primary N) is 1. The molecular formula is C14H20N2O4. The normalized spacial score (nSPS) is 10.9. The van der Waals surface area contributed by atoms with Gasteiger partial charge in [0, 0.05) is 24.1 Å². The van der Waals surface area contributed by atoms with E-state index in [0.717, 1.165) is 0 Å². The van der Waals surface area contributed by atoms with Crippen LogP contribution >= 0.6 is 0 Å². The van der Waals surface area contributed by atoms with Gasteiger partial charge in [0.25, 0.3) is 11.8 Å². The summed E-state index contributed by atoms with van der Waals surface area (Å²) in [6.07, 6.45) is 0. The summed E-state index contributed by atoms with van der Waals surface area (Å²) in [5, 5.41) is 11.9. The minimum atomic E-state index is -0.557. The van der Waals surface area contributed by atoms with Gasteiger partial charge < -0.3 is 20.9 Å². The van der Waals surface area contributed by atoms with E-state index in [0.29, 0.717) is 17.9 Å². The van der Waals surface area contributed by atoms with Crippen LogP contribution in [0.3, 0.4) is 0 Å². The fourth-order valence-electron chi connectivity index (χ4n) is 1.33. The first-order chi connectivity index (χ1) is 9.34. The SMILES string of the molecule is CC(C)(CO)CNC(=O)c1ccc(OCC(N)=O)cc1. The Morgan fingerprint density at radius 1 is 1.30 bits per heavy atom. The van der Waals surface area contributed by atoms with E-state index in [9.17, 15) is 9.59 Å². The van der Waals surface area contributed by atoms with Gasteiger partial charge in [-0.15, -0.1) is 0 Å². The average Bonchev–Trinajstić information content (AvgIpc) is 2.43. The molecule has 0 saturated heterocycles. The van der Waals surface area contributed by atoms with E-state index in [4.69, 9.17) is 15.6 Å². The molecule has 0 heterocycles. The van der Waals surface area contributed by atoms with Crippen LogP contribution in [-0.4, -0.2) is 36.7 Å². The third-order valence-electron chi connectivity index (χ3n) is 2.65. The van der Waals surface area contributed by atoms with Gasteiger partial charge in [0.15, 0.2) is 6.61 Å². The molecule has 0 spiro atoms. The van der Waals surface area contributed by atoms with Crippen molar-refractivity contribution in [1.82, 2.24) is 5.32 Å². The highest BCUT2D eigenvalue weighted by atomic mass is 16.5. The van der Waals surface area contributed by atoms with Gasteiger partial charge in [-0.2, -0.15) is 0 Å². The van der Waals surface area contributed by atoms with Crippen LogP contribution < -0.4 is 15.8 Å². The number of aliphatic hydroxyl groups is 1. The van der Waals surface area contributed by atoms with E-state index in [1.165, 1.54) is 0 Å². The highest BCUT2D eigenvalue weighted by molar-refractivity contribution is 5.94. The molecule has 110 valence electrons. The van der Waals surface area contributed by atoms with E-state index in [-0.39, 0.29) is 24.5 Å². The van der Waals surface area contributed by atoms with Gasteiger partial charge in [0.2, 0.25) is 0 Å². The van der Waals surface area contributed by atoms with Crippen LogP contribution in [-0.2, 0) is 4.79 Å². The molecule has 1 rings (SSSR count). The maximum Gasteiger partial charge on any atom is 0.255 e. The lowest BCUT2D eigenvalue weighted by atomic mass is 9.95. The largest absolute Gasteiger partial charge is 0.484 e. The summed E-state index contributed by atoms with van der Waals surface area (Å²) in [7, 11) is 0. The molecule has 1 aromatic carbocycles. The second-order valence-electron chi connectivity index (χ2n) is 5.28. The lowest BCUT2D eigenvalue weighted by molar-refractivity contribution is -0.119. The number of ether oxygens (including phenoxy) is 1. The van der Waals surface area contributed by atoms with Crippen molar-refractivity contribution in [3.05, 3.63) is 29.8 Å². The Balaban J connectivity index is 2.55. The second kappa shape index (κ2) is 6.91. The summed E-state index contributed by atoms with van der Waals surface area (Å²) in [6, 6.07) is 6.37. The number of amides is 2. The smallest absolute Gasteiger partial charge is 0.255 e. The van der Waals surface area contributed by atoms with E-state index in [1.54, 1.807) is 24.3 Å². The van der Waals surface area contributed by atoms with Gasteiger partial charge >= 0.3 is 0 Å². The quantitative estimate of drug-likeness (QED) is 0.668. The third-order valence-corrected chi connectivity index (χ3v) is 2.65. The lowest BCUT2D eigenvalue weighted by Crippen LogP contribution is -2.36. The van der Waals surface area contributed by atoms with Crippen molar-refractivity contribution in [2.75, 3.05) is 19.8 Å². The van der Waals surface area contributed by atoms with Crippen LogP contribution in [0, 0.1) is 5.41 Å². The first kappa shape index (κ1) is 16.0. The van der Waals surface area contributed by atoms with Crippen LogP contribution in [0.2, 0.25) is 0 Å². The summed E-state index contributed by atoms with van der Waals surface area (Å²) in [4.78, 5) is 22.4.